The molecular formula is C9H20ClN. The largest absolute Gasteiger partial charge is 0.305 e. The van der Waals surface area contributed by atoms with Crippen LogP contribution in [0.3, 0.4) is 0 Å². The second-order valence-electron chi connectivity index (χ2n) is 3.05. The van der Waals surface area contributed by atoms with E-state index < -0.39 is 0 Å². The quantitative estimate of drug-likeness (QED) is 0.427. The molecule has 11 heavy (non-hydrogen) atoms. The molecule has 2 heteroatoms. The van der Waals surface area contributed by atoms with E-state index in [1.165, 1.54) is 32.2 Å². The van der Waals surface area contributed by atoms with Crippen LogP contribution in [0.5, 0.6) is 0 Å². The predicted octanol–water partition coefficient (Wildman–Crippen LogP) is 2.74. The minimum Gasteiger partial charge on any atom is -0.305 e. The lowest BCUT2D eigenvalue weighted by Gasteiger charge is -2.13. The first-order valence-corrected chi connectivity index (χ1v) is 5.09. The van der Waals surface area contributed by atoms with Crippen molar-refractivity contribution in [2.45, 2.75) is 32.6 Å². The highest BCUT2D eigenvalue weighted by atomic mass is 35.5. The van der Waals surface area contributed by atoms with Gasteiger partial charge in [-0.25, -0.2) is 0 Å². The number of hydrogen-bond acceptors (Lipinski definition) is 1. The van der Waals surface area contributed by atoms with E-state index in [2.05, 4.69) is 18.9 Å². The molecule has 0 unspecified atom stereocenters. The van der Waals surface area contributed by atoms with Crippen molar-refractivity contribution < 1.29 is 0 Å². The van der Waals surface area contributed by atoms with Gasteiger partial charge in [0.1, 0.15) is 0 Å². The standard InChI is InChI=1S/C9H20ClN/c1-3-4-5-6-8-11(2)9-7-10/h3-9H2,1-2H3. The molecule has 0 aliphatic heterocycles. The smallest absolute Gasteiger partial charge is 0.0351 e. The molecular weight excluding hydrogens is 158 g/mol. The Balaban J connectivity index is 2.97. The molecule has 0 saturated heterocycles. The number of unbranched alkanes of at least 4 members (excludes halogenated alkanes) is 3. The van der Waals surface area contributed by atoms with Gasteiger partial charge in [0.2, 0.25) is 0 Å². The first kappa shape index (κ1) is 11.2. The minimum atomic E-state index is 0.754. The molecule has 1 nitrogen and oxygen atoms in total. The first-order chi connectivity index (χ1) is 5.31. The molecule has 0 bridgehead atoms. The maximum absolute atomic E-state index is 5.59. The summed E-state index contributed by atoms with van der Waals surface area (Å²) in [5, 5.41) is 0. The summed E-state index contributed by atoms with van der Waals surface area (Å²) >= 11 is 5.59. The summed E-state index contributed by atoms with van der Waals surface area (Å²) in [5.74, 6) is 0.754. The average Bonchev–Trinajstić information content (AvgIpc) is 1.99. The van der Waals surface area contributed by atoms with Gasteiger partial charge in [-0.3, -0.25) is 0 Å². The van der Waals surface area contributed by atoms with Crippen molar-refractivity contribution in [3.05, 3.63) is 0 Å². The summed E-state index contributed by atoms with van der Waals surface area (Å²) in [6.45, 7) is 4.46. The molecule has 0 aliphatic carbocycles. The molecule has 0 heterocycles. The Hall–Kier alpha value is 0.250. The maximum atomic E-state index is 5.59. The Morgan fingerprint density at radius 3 is 2.36 bits per heavy atom. The minimum absolute atomic E-state index is 0.754. The zero-order chi connectivity index (χ0) is 8.53. The molecule has 0 aromatic rings. The third kappa shape index (κ3) is 8.15. The molecule has 0 saturated carbocycles. The molecule has 0 aliphatic rings. The van der Waals surface area contributed by atoms with Gasteiger partial charge in [-0.05, 0) is 20.0 Å². The van der Waals surface area contributed by atoms with Crippen LogP contribution in [0.1, 0.15) is 32.6 Å². The molecule has 0 aromatic heterocycles. The normalized spacial score (nSPS) is 10.9. The molecule has 0 fully saturated rings. The van der Waals surface area contributed by atoms with Crippen LogP contribution in [0.15, 0.2) is 0 Å². The van der Waals surface area contributed by atoms with Crippen molar-refractivity contribution in [2.75, 3.05) is 26.0 Å². The number of alkyl halides is 1. The van der Waals surface area contributed by atoms with Crippen LogP contribution in [0, 0.1) is 0 Å². The van der Waals surface area contributed by atoms with Crippen LogP contribution in [0.25, 0.3) is 0 Å². The molecule has 0 N–H and O–H groups in total. The molecule has 0 aromatic carbocycles. The van der Waals surface area contributed by atoms with Gasteiger partial charge in [-0.2, -0.15) is 0 Å². The van der Waals surface area contributed by atoms with Crippen molar-refractivity contribution in [3.8, 4) is 0 Å². The summed E-state index contributed by atoms with van der Waals surface area (Å²) in [5.41, 5.74) is 0. The van der Waals surface area contributed by atoms with Gasteiger partial charge in [0.05, 0.1) is 0 Å². The molecule has 0 rings (SSSR count). The summed E-state index contributed by atoms with van der Waals surface area (Å²) in [6.07, 6.45) is 5.37. The van der Waals surface area contributed by atoms with E-state index in [0.29, 0.717) is 0 Å². The van der Waals surface area contributed by atoms with Crippen molar-refractivity contribution in [1.82, 2.24) is 4.90 Å². The van der Waals surface area contributed by atoms with Crippen molar-refractivity contribution in [2.24, 2.45) is 0 Å². The SMILES string of the molecule is CCCCCCN(C)CCCl. The third-order valence-corrected chi connectivity index (χ3v) is 2.03. The van der Waals surface area contributed by atoms with Crippen LogP contribution in [-0.4, -0.2) is 30.9 Å². The zero-order valence-corrected chi connectivity index (χ0v) is 8.53. The topological polar surface area (TPSA) is 3.24 Å². The van der Waals surface area contributed by atoms with Crippen molar-refractivity contribution >= 4 is 11.6 Å². The van der Waals surface area contributed by atoms with Gasteiger partial charge in [-0.1, -0.05) is 26.2 Å². The van der Waals surface area contributed by atoms with Crippen molar-refractivity contribution in [3.63, 3.8) is 0 Å². The lowest BCUT2D eigenvalue weighted by molar-refractivity contribution is 0.343. The summed E-state index contributed by atoms with van der Waals surface area (Å²) < 4.78 is 0. The molecule has 0 spiro atoms. The number of nitrogens with zero attached hydrogens (tertiary/aromatic N) is 1. The van der Waals surface area contributed by atoms with Crippen LogP contribution in [-0.2, 0) is 0 Å². The monoisotopic (exact) mass is 177 g/mol. The van der Waals surface area contributed by atoms with Crippen LogP contribution < -0.4 is 0 Å². The number of hydrogen-bond donors (Lipinski definition) is 0. The molecule has 0 radical (unpaired) electrons. The third-order valence-electron chi connectivity index (χ3n) is 1.86. The fraction of sp³-hybridized carbons (Fsp3) is 1.00. The van der Waals surface area contributed by atoms with E-state index in [4.69, 9.17) is 11.6 Å². The molecule has 68 valence electrons. The molecule has 0 amide bonds. The van der Waals surface area contributed by atoms with Gasteiger partial charge < -0.3 is 4.90 Å². The van der Waals surface area contributed by atoms with E-state index in [-0.39, 0.29) is 0 Å². The van der Waals surface area contributed by atoms with E-state index in [1.807, 2.05) is 0 Å². The van der Waals surface area contributed by atoms with Gasteiger partial charge in [0.15, 0.2) is 0 Å². The number of halogens is 1. The Bertz CT molecular complexity index is 76.0. The zero-order valence-electron chi connectivity index (χ0n) is 7.77. The summed E-state index contributed by atoms with van der Waals surface area (Å²) in [4.78, 5) is 2.29. The van der Waals surface area contributed by atoms with E-state index >= 15 is 0 Å². The Kier molecular flexibility index (Phi) is 8.54. The Labute approximate surface area is 75.7 Å². The fourth-order valence-electron chi connectivity index (χ4n) is 1.06. The second-order valence-corrected chi connectivity index (χ2v) is 3.43. The summed E-state index contributed by atoms with van der Waals surface area (Å²) in [7, 11) is 2.13. The molecule has 0 atom stereocenters. The first-order valence-electron chi connectivity index (χ1n) is 4.55. The highest BCUT2D eigenvalue weighted by molar-refractivity contribution is 6.18. The second kappa shape index (κ2) is 8.35. The lowest BCUT2D eigenvalue weighted by atomic mass is 10.2. The van der Waals surface area contributed by atoms with E-state index in [9.17, 15) is 0 Å². The maximum Gasteiger partial charge on any atom is 0.0351 e. The van der Waals surface area contributed by atoms with E-state index in [0.717, 1.165) is 12.4 Å². The fourth-order valence-corrected chi connectivity index (χ4v) is 1.35. The highest BCUT2D eigenvalue weighted by Gasteiger charge is 1.95. The number of rotatable bonds is 7. The van der Waals surface area contributed by atoms with Gasteiger partial charge in [0, 0.05) is 12.4 Å². The summed E-state index contributed by atoms with van der Waals surface area (Å²) in [6, 6.07) is 0. The predicted molar refractivity (Wildman–Crippen MR) is 52.4 cm³/mol. The van der Waals surface area contributed by atoms with Crippen molar-refractivity contribution in [1.29, 1.82) is 0 Å². The van der Waals surface area contributed by atoms with Crippen LogP contribution in [0.2, 0.25) is 0 Å². The lowest BCUT2D eigenvalue weighted by Crippen LogP contribution is -2.21. The van der Waals surface area contributed by atoms with Gasteiger partial charge in [-0.15, -0.1) is 11.6 Å². The van der Waals surface area contributed by atoms with Gasteiger partial charge in [0.25, 0.3) is 0 Å². The van der Waals surface area contributed by atoms with Gasteiger partial charge >= 0.3 is 0 Å². The van der Waals surface area contributed by atoms with Crippen LogP contribution in [0.4, 0.5) is 0 Å². The average molecular weight is 178 g/mol. The Morgan fingerprint density at radius 2 is 1.82 bits per heavy atom. The van der Waals surface area contributed by atoms with Crippen LogP contribution >= 0.6 is 11.6 Å². The van der Waals surface area contributed by atoms with E-state index in [1.54, 1.807) is 0 Å². The Morgan fingerprint density at radius 1 is 1.09 bits per heavy atom. The highest BCUT2D eigenvalue weighted by Crippen LogP contribution is 1.99.